The summed E-state index contributed by atoms with van der Waals surface area (Å²) in [4.78, 5) is 40.2. The van der Waals surface area contributed by atoms with Crippen molar-refractivity contribution in [2.24, 2.45) is 5.92 Å². The molecule has 1 unspecified atom stereocenters. The summed E-state index contributed by atoms with van der Waals surface area (Å²) < 4.78 is 34.1. The van der Waals surface area contributed by atoms with Crippen molar-refractivity contribution in [2.75, 3.05) is 59.3 Å². The molecular weight excluding hydrogens is 759 g/mol. The van der Waals surface area contributed by atoms with Gasteiger partial charge in [0, 0.05) is 32.6 Å². The van der Waals surface area contributed by atoms with Crippen LogP contribution in [-0.4, -0.2) is 88.6 Å². The second-order valence-electron chi connectivity index (χ2n) is 16.2. The van der Waals surface area contributed by atoms with Gasteiger partial charge in [-0.05, 0) is 70.9 Å². The largest absolute Gasteiger partial charge is 0.508 e. The van der Waals surface area contributed by atoms with E-state index < -0.39 is 24.3 Å². The minimum Gasteiger partial charge on any atom is -0.465 e. The maximum Gasteiger partial charge on any atom is 0.508 e. The molecule has 0 N–H and O–H groups in total. The molecular formula is C50H93NO9. The molecule has 0 radical (unpaired) electrons. The van der Waals surface area contributed by atoms with E-state index in [9.17, 15) is 14.4 Å². The first kappa shape index (κ1) is 57.6. The van der Waals surface area contributed by atoms with Gasteiger partial charge in [0.2, 0.25) is 0 Å². The van der Waals surface area contributed by atoms with Crippen LogP contribution in [0.25, 0.3) is 0 Å². The number of hydrogen-bond donors (Lipinski definition) is 0. The second kappa shape index (κ2) is 46.1. The summed E-state index contributed by atoms with van der Waals surface area (Å²) in [5, 5.41) is 0. The topological polar surface area (TPSA) is 110 Å². The fourth-order valence-corrected chi connectivity index (χ4v) is 6.65. The van der Waals surface area contributed by atoms with Gasteiger partial charge in [-0.15, -0.1) is 0 Å². The number of esters is 2. The molecule has 0 spiro atoms. The molecule has 0 aromatic heterocycles. The normalized spacial score (nSPS) is 12.2. The molecule has 10 nitrogen and oxygen atoms in total. The molecule has 0 aliphatic rings. The lowest BCUT2D eigenvalue weighted by molar-refractivity contribution is -0.161. The Morgan fingerprint density at radius 2 is 0.933 bits per heavy atom. The first-order valence-corrected chi connectivity index (χ1v) is 24.8. The van der Waals surface area contributed by atoms with Crippen LogP contribution in [0.5, 0.6) is 0 Å². The summed E-state index contributed by atoms with van der Waals surface area (Å²) in [6.45, 7) is 14.9. The van der Waals surface area contributed by atoms with Gasteiger partial charge < -0.3 is 33.3 Å². The average molecular weight is 852 g/mol. The molecule has 0 amide bonds. The Hall–Kier alpha value is -2.43. The van der Waals surface area contributed by atoms with Crippen LogP contribution in [0, 0.1) is 5.92 Å². The Bertz CT molecular complexity index is 998. The highest BCUT2D eigenvalue weighted by Crippen LogP contribution is 2.14. The van der Waals surface area contributed by atoms with E-state index in [-0.39, 0.29) is 38.8 Å². The quantitative estimate of drug-likeness (QED) is 0.0193. The molecule has 0 saturated heterocycles. The number of unbranched alkanes of at least 4 members (excludes halogenated alkanes) is 18. The minimum absolute atomic E-state index is 0.0209. The molecule has 0 aliphatic carbocycles. The van der Waals surface area contributed by atoms with Crippen LogP contribution in [-0.2, 0) is 38.0 Å². The lowest BCUT2D eigenvalue weighted by Crippen LogP contribution is -2.28. The molecule has 0 saturated carbocycles. The van der Waals surface area contributed by atoms with Gasteiger partial charge >= 0.3 is 18.1 Å². The smallest absolute Gasteiger partial charge is 0.465 e. The highest BCUT2D eigenvalue weighted by molar-refractivity contribution is 5.69. The van der Waals surface area contributed by atoms with Crippen molar-refractivity contribution in [3.05, 3.63) is 24.3 Å². The number of hydrogen-bond acceptors (Lipinski definition) is 10. The van der Waals surface area contributed by atoms with Crippen LogP contribution in [0.4, 0.5) is 4.79 Å². The summed E-state index contributed by atoms with van der Waals surface area (Å²) in [5.74, 6) is -1.22. The van der Waals surface area contributed by atoms with Gasteiger partial charge in [-0.1, -0.05) is 155 Å². The van der Waals surface area contributed by atoms with E-state index in [4.69, 9.17) is 28.4 Å². The Labute approximate surface area is 368 Å². The Morgan fingerprint density at radius 1 is 0.467 bits per heavy atom. The third-order valence-electron chi connectivity index (χ3n) is 10.6. The maximum absolute atomic E-state index is 12.9. The zero-order valence-corrected chi connectivity index (χ0v) is 39.5. The summed E-state index contributed by atoms with van der Waals surface area (Å²) in [6, 6.07) is 0. The van der Waals surface area contributed by atoms with E-state index >= 15 is 0 Å². The predicted molar refractivity (Wildman–Crippen MR) is 246 cm³/mol. The van der Waals surface area contributed by atoms with E-state index in [1.54, 1.807) is 0 Å². The van der Waals surface area contributed by atoms with E-state index in [2.05, 4.69) is 63.8 Å². The fraction of sp³-hybridized carbons (Fsp3) is 0.860. The van der Waals surface area contributed by atoms with Crippen LogP contribution < -0.4 is 0 Å². The van der Waals surface area contributed by atoms with Crippen molar-refractivity contribution in [3.63, 3.8) is 0 Å². The highest BCUT2D eigenvalue weighted by atomic mass is 16.7. The lowest BCUT2D eigenvalue weighted by atomic mass is 10.1. The molecule has 0 fully saturated rings. The van der Waals surface area contributed by atoms with Crippen molar-refractivity contribution in [2.45, 2.75) is 214 Å². The number of allylic oxidation sites excluding steroid dienone is 4. The van der Waals surface area contributed by atoms with Gasteiger partial charge in [0.15, 0.2) is 6.29 Å². The predicted octanol–water partition coefficient (Wildman–Crippen LogP) is 13.2. The summed E-state index contributed by atoms with van der Waals surface area (Å²) >= 11 is 0. The first-order valence-electron chi connectivity index (χ1n) is 24.8. The van der Waals surface area contributed by atoms with E-state index in [0.717, 1.165) is 90.3 Å². The van der Waals surface area contributed by atoms with Gasteiger partial charge in [-0.3, -0.25) is 9.59 Å². The first-order chi connectivity index (χ1) is 29.4. The number of nitrogens with zero attached hydrogens (tertiary/aromatic N) is 1. The van der Waals surface area contributed by atoms with Crippen LogP contribution in [0.15, 0.2) is 24.3 Å². The zero-order valence-electron chi connectivity index (χ0n) is 39.5. The maximum atomic E-state index is 12.9. The fourth-order valence-electron chi connectivity index (χ4n) is 6.65. The average Bonchev–Trinajstić information content (AvgIpc) is 3.25. The Morgan fingerprint density at radius 3 is 1.50 bits per heavy atom. The third kappa shape index (κ3) is 40.9. The zero-order chi connectivity index (χ0) is 44.0. The SMILES string of the molecule is CCCCCC=CCC=CCCCCCCCC(=O)OCC(COC(=O)CCC(OCCCCCCCC)OCCCCCCCC)COC(=O)OCCCN(CC)CC. The van der Waals surface area contributed by atoms with Gasteiger partial charge in [0.25, 0.3) is 0 Å². The molecule has 0 bridgehead atoms. The number of carbonyl (C=O) groups is 3. The van der Waals surface area contributed by atoms with Crippen LogP contribution in [0.3, 0.4) is 0 Å². The van der Waals surface area contributed by atoms with E-state index in [1.165, 1.54) is 77.0 Å². The Balaban J connectivity index is 4.84. The lowest BCUT2D eigenvalue weighted by Gasteiger charge is -2.20. The second-order valence-corrected chi connectivity index (χ2v) is 16.2. The summed E-state index contributed by atoms with van der Waals surface area (Å²) in [5.41, 5.74) is 0. The minimum atomic E-state index is -0.782. The third-order valence-corrected chi connectivity index (χ3v) is 10.6. The molecule has 0 aromatic carbocycles. The number of carbonyl (C=O) groups excluding carboxylic acids is 3. The van der Waals surface area contributed by atoms with Crippen LogP contribution >= 0.6 is 0 Å². The van der Waals surface area contributed by atoms with Crippen molar-refractivity contribution < 1.29 is 42.8 Å². The summed E-state index contributed by atoms with van der Waals surface area (Å²) in [7, 11) is 0. The Kier molecular flexibility index (Phi) is 44.2. The van der Waals surface area contributed by atoms with Crippen molar-refractivity contribution >= 4 is 18.1 Å². The van der Waals surface area contributed by atoms with Crippen LogP contribution in [0.1, 0.15) is 208 Å². The number of rotatable bonds is 45. The molecule has 0 aromatic rings. The van der Waals surface area contributed by atoms with E-state index in [0.29, 0.717) is 32.5 Å². The van der Waals surface area contributed by atoms with Gasteiger partial charge in [0.05, 0.1) is 18.9 Å². The molecule has 10 heteroatoms. The van der Waals surface area contributed by atoms with Crippen molar-refractivity contribution in [3.8, 4) is 0 Å². The van der Waals surface area contributed by atoms with Crippen LogP contribution in [0.2, 0.25) is 0 Å². The standard InChI is InChI=1S/C50H93NO9/c1-6-11-14-17-20-21-22-23-24-25-26-27-28-29-32-36-47(52)58-43-46(45-60-50(54)57-42-35-39-51(9-4)10-5)44-59-48(53)37-38-49(55-40-33-30-18-15-12-7-2)56-41-34-31-19-16-13-8-3/h20-21,23-24,46,49H,6-19,22,25-45H2,1-5H3. The van der Waals surface area contributed by atoms with Gasteiger partial charge in [0.1, 0.15) is 19.8 Å². The van der Waals surface area contributed by atoms with E-state index in [1.807, 2.05) is 0 Å². The molecule has 0 aliphatic heterocycles. The highest BCUT2D eigenvalue weighted by Gasteiger charge is 2.20. The molecule has 1 atom stereocenters. The monoisotopic (exact) mass is 852 g/mol. The number of ether oxygens (including phenoxy) is 6. The molecule has 352 valence electrons. The molecule has 0 heterocycles. The summed E-state index contributed by atoms with van der Waals surface area (Å²) in [6.07, 6.45) is 35.7. The van der Waals surface area contributed by atoms with Crippen molar-refractivity contribution in [1.82, 2.24) is 4.90 Å². The van der Waals surface area contributed by atoms with Crippen molar-refractivity contribution in [1.29, 1.82) is 0 Å². The van der Waals surface area contributed by atoms with Gasteiger partial charge in [-0.25, -0.2) is 4.79 Å². The molecule has 0 rings (SSSR count). The van der Waals surface area contributed by atoms with Gasteiger partial charge in [-0.2, -0.15) is 0 Å². The molecule has 60 heavy (non-hydrogen) atoms.